The molecule has 2 N–H and O–H groups in total. The lowest BCUT2D eigenvalue weighted by molar-refractivity contribution is 0.310. The normalized spacial score (nSPS) is 17.2. The number of hydrogen-bond acceptors (Lipinski definition) is 4. The first kappa shape index (κ1) is 14.3. The second kappa shape index (κ2) is 5.90. The summed E-state index contributed by atoms with van der Waals surface area (Å²) in [5.74, 6) is 0. The van der Waals surface area contributed by atoms with E-state index in [1.165, 1.54) is 23.2 Å². The van der Waals surface area contributed by atoms with Gasteiger partial charge in [0.05, 0.1) is 4.90 Å². The van der Waals surface area contributed by atoms with E-state index in [9.17, 15) is 8.42 Å². The van der Waals surface area contributed by atoms with Gasteiger partial charge in [-0.05, 0) is 44.1 Å². The first-order valence-corrected chi connectivity index (χ1v) is 7.98. The fraction of sp³-hybridized carbons (Fsp3) is 0.538. The maximum Gasteiger partial charge on any atom is 0.242 e. The molecule has 1 aliphatic heterocycles. The third-order valence-corrected chi connectivity index (χ3v) is 5.35. The quantitative estimate of drug-likeness (QED) is 0.818. The number of sulfonamides is 1. The molecule has 0 aromatic heterocycles. The topological polar surface area (TPSA) is 66.6 Å². The minimum absolute atomic E-state index is 0.261. The van der Waals surface area contributed by atoms with Crippen molar-refractivity contribution in [3.63, 3.8) is 0 Å². The van der Waals surface area contributed by atoms with Crippen LogP contribution in [0.5, 0.6) is 0 Å². The maximum atomic E-state index is 12.3. The number of likely N-dealkylation sites (N-methyl/N-ethyl adjacent to an activating group) is 1. The van der Waals surface area contributed by atoms with E-state index in [0.29, 0.717) is 12.2 Å². The molecule has 1 saturated heterocycles. The highest BCUT2D eigenvalue weighted by atomic mass is 32.2. The molecule has 19 heavy (non-hydrogen) atoms. The lowest BCUT2D eigenvalue weighted by atomic mass is 10.3. The predicted molar refractivity (Wildman–Crippen MR) is 76.3 cm³/mol. The van der Waals surface area contributed by atoms with E-state index in [2.05, 4.69) is 4.90 Å². The average molecular weight is 283 g/mol. The number of nitrogens with zero attached hydrogens (tertiary/aromatic N) is 2. The van der Waals surface area contributed by atoms with Crippen LogP contribution < -0.4 is 5.73 Å². The molecule has 5 nitrogen and oxygen atoms in total. The molecular formula is C13H21N3O2S. The van der Waals surface area contributed by atoms with Crippen molar-refractivity contribution < 1.29 is 8.42 Å². The van der Waals surface area contributed by atoms with Crippen molar-refractivity contribution in [2.24, 2.45) is 0 Å². The summed E-state index contributed by atoms with van der Waals surface area (Å²) in [5.41, 5.74) is 6.10. The van der Waals surface area contributed by atoms with Gasteiger partial charge in [-0.1, -0.05) is 6.07 Å². The molecule has 0 spiro atoms. The van der Waals surface area contributed by atoms with Crippen LogP contribution in [0.25, 0.3) is 0 Å². The molecule has 6 heteroatoms. The van der Waals surface area contributed by atoms with Crippen molar-refractivity contribution in [2.45, 2.75) is 17.7 Å². The first-order chi connectivity index (χ1) is 9.00. The lowest BCUT2D eigenvalue weighted by Gasteiger charge is -2.21. The van der Waals surface area contributed by atoms with E-state index < -0.39 is 10.0 Å². The lowest BCUT2D eigenvalue weighted by Crippen LogP contribution is -2.35. The number of hydrogen-bond donors (Lipinski definition) is 1. The average Bonchev–Trinajstić information content (AvgIpc) is 2.89. The molecule has 0 atom stereocenters. The summed E-state index contributed by atoms with van der Waals surface area (Å²) in [4.78, 5) is 2.56. The molecule has 0 saturated carbocycles. The van der Waals surface area contributed by atoms with Gasteiger partial charge in [0, 0.05) is 25.8 Å². The largest absolute Gasteiger partial charge is 0.399 e. The van der Waals surface area contributed by atoms with E-state index in [1.54, 1.807) is 25.2 Å². The van der Waals surface area contributed by atoms with E-state index in [4.69, 9.17) is 5.73 Å². The third-order valence-electron chi connectivity index (χ3n) is 3.50. The SMILES string of the molecule is CN(CCN1CCCC1)S(=O)(=O)c1cccc(N)c1. The van der Waals surface area contributed by atoms with Crippen molar-refractivity contribution in [1.29, 1.82) is 0 Å². The Labute approximate surface area is 115 Å². The smallest absolute Gasteiger partial charge is 0.242 e. The summed E-state index contributed by atoms with van der Waals surface area (Å²) in [7, 11) is -1.81. The summed E-state index contributed by atoms with van der Waals surface area (Å²) in [6, 6.07) is 6.43. The van der Waals surface area contributed by atoms with Gasteiger partial charge in [0.25, 0.3) is 0 Å². The second-order valence-electron chi connectivity index (χ2n) is 4.95. The van der Waals surface area contributed by atoms with Crippen LogP contribution in [0.1, 0.15) is 12.8 Å². The Morgan fingerprint density at radius 3 is 2.63 bits per heavy atom. The van der Waals surface area contributed by atoms with Crippen molar-refractivity contribution in [3.05, 3.63) is 24.3 Å². The van der Waals surface area contributed by atoms with Crippen molar-refractivity contribution in [2.75, 3.05) is 39.0 Å². The van der Waals surface area contributed by atoms with Crippen LogP contribution in [0.15, 0.2) is 29.2 Å². The van der Waals surface area contributed by atoms with Crippen LogP contribution in [0, 0.1) is 0 Å². The fourth-order valence-electron chi connectivity index (χ4n) is 2.26. The van der Waals surface area contributed by atoms with Crippen LogP contribution in [-0.2, 0) is 10.0 Å². The summed E-state index contributed by atoms with van der Waals surface area (Å²) < 4.78 is 26.1. The van der Waals surface area contributed by atoms with Gasteiger partial charge >= 0.3 is 0 Å². The molecule has 0 bridgehead atoms. The molecular weight excluding hydrogens is 262 g/mol. The third kappa shape index (κ3) is 3.46. The Bertz CT molecular complexity index is 524. The molecule has 0 aliphatic carbocycles. The summed E-state index contributed by atoms with van der Waals surface area (Å²) in [6.45, 7) is 3.45. The van der Waals surface area contributed by atoms with Gasteiger partial charge in [-0.3, -0.25) is 0 Å². The van der Waals surface area contributed by atoms with Crippen LogP contribution >= 0.6 is 0 Å². The predicted octanol–water partition coefficient (Wildman–Crippen LogP) is 0.985. The van der Waals surface area contributed by atoms with Gasteiger partial charge < -0.3 is 10.6 Å². The van der Waals surface area contributed by atoms with Gasteiger partial charge in [-0.25, -0.2) is 8.42 Å². The van der Waals surface area contributed by atoms with E-state index in [1.807, 2.05) is 0 Å². The molecule has 0 radical (unpaired) electrons. The van der Waals surface area contributed by atoms with E-state index >= 15 is 0 Å². The molecule has 2 rings (SSSR count). The van der Waals surface area contributed by atoms with Crippen LogP contribution in [-0.4, -0.2) is 50.8 Å². The highest BCUT2D eigenvalue weighted by molar-refractivity contribution is 7.89. The van der Waals surface area contributed by atoms with Crippen molar-refractivity contribution in [1.82, 2.24) is 9.21 Å². The summed E-state index contributed by atoms with van der Waals surface area (Å²) >= 11 is 0. The van der Waals surface area contributed by atoms with Gasteiger partial charge in [-0.2, -0.15) is 4.31 Å². The Morgan fingerprint density at radius 2 is 2.00 bits per heavy atom. The maximum absolute atomic E-state index is 12.3. The van der Waals surface area contributed by atoms with Gasteiger partial charge in [0.2, 0.25) is 10.0 Å². The Hall–Kier alpha value is -1.11. The van der Waals surface area contributed by atoms with Gasteiger partial charge in [0.15, 0.2) is 0 Å². The number of likely N-dealkylation sites (tertiary alicyclic amines) is 1. The molecule has 0 unspecified atom stereocenters. The summed E-state index contributed by atoms with van der Waals surface area (Å²) in [6.07, 6.45) is 2.43. The molecule has 1 aromatic carbocycles. The van der Waals surface area contributed by atoms with E-state index in [0.717, 1.165) is 19.6 Å². The molecule has 106 valence electrons. The van der Waals surface area contributed by atoms with Gasteiger partial charge in [0.1, 0.15) is 0 Å². The van der Waals surface area contributed by atoms with Crippen LogP contribution in [0.2, 0.25) is 0 Å². The standard InChI is InChI=1S/C13H21N3O2S/c1-15(9-10-16-7-2-3-8-16)19(17,18)13-6-4-5-12(14)11-13/h4-6,11H,2-3,7-10,14H2,1H3. The van der Waals surface area contributed by atoms with Crippen molar-refractivity contribution in [3.8, 4) is 0 Å². The summed E-state index contributed by atoms with van der Waals surface area (Å²) in [5, 5.41) is 0. The molecule has 1 fully saturated rings. The molecule has 1 heterocycles. The highest BCUT2D eigenvalue weighted by Gasteiger charge is 2.22. The first-order valence-electron chi connectivity index (χ1n) is 6.54. The Kier molecular flexibility index (Phi) is 4.44. The van der Waals surface area contributed by atoms with E-state index in [-0.39, 0.29) is 4.90 Å². The Balaban J connectivity index is 2.02. The molecule has 0 amide bonds. The number of anilines is 1. The minimum Gasteiger partial charge on any atom is -0.399 e. The van der Waals surface area contributed by atoms with Crippen LogP contribution in [0.4, 0.5) is 5.69 Å². The van der Waals surface area contributed by atoms with Crippen LogP contribution in [0.3, 0.4) is 0 Å². The molecule has 1 aromatic rings. The second-order valence-corrected chi connectivity index (χ2v) is 6.99. The number of nitrogens with two attached hydrogens (primary N) is 1. The fourth-order valence-corrected chi connectivity index (χ4v) is 3.48. The number of rotatable bonds is 5. The zero-order valence-corrected chi connectivity index (χ0v) is 12.1. The molecule has 1 aliphatic rings. The Morgan fingerprint density at radius 1 is 1.32 bits per heavy atom. The minimum atomic E-state index is -3.43. The number of benzene rings is 1. The monoisotopic (exact) mass is 283 g/mol. The highest BCUT2D eigenvalue weighted by Crippen LogP contribution is 2.17. The van der Waals surface area contributed by atoms with Gasteiger partial charge in [-0.15, -0.1) is 0 Å². The number of nitrogen functional groups attached to an aromatic ring is 1. The zero-order valence-electron chi connectivity index (χ0n) is 11.2. The van der Waals surface area contributed by atoms with Crippen molar-refractivity contribution >= 4 is 15.7 Å². The zero-order chi connectivity index (χ0) is 13.9.